The van der Waals surface area contributed by atoms with Gasteiger partial charge in [-0.05, 0) is 35.4 Å². The van der Waals surface area contributed by atoms with Crippen molar-refractivity contribution >= 4 is 28.8 Å². The van der Waals surface area contributed by atoms with Crippen LogP contribution in [0.5, 0.6) is 0 Å². The zero-order valence-electron chi connectivity index (χ0n) is 22.8. The number of ether oxygens (including phenoxy) is 1. The molecule has 206 valence electrons. The number of benzene rings is 3. The molecular formula is C32H34N4O4. The Morgan fingerprint density at radius 2 is 1.50 bits per heavy atom. The SMILES string of the molecule is CN1CCN(c2c(CC(NC(=O)OCC3c4ccccc4-c4ccccc43)C(=O)O)c3ccccc3n2C)CC1. The fourth-order valence-electron chi connectivity index (χ4n) is 6.27. The molecule has 2 N–H and O–H groups in total. The first kappa shape index (κ1) is 26.0. The van der Waals surface area contributed by atoms with E-state index in [9.17, 15) is 14.7 Å². The number of nitrogens with one attached hydrogen (secondary N) is 1. The van der Waals surface area contributed by atoms with Gasteiger partial charge in [0.2, 0.25) is 0 Å². The number of carbonyl (C=O) groups is 2. The number of hydrogen-bond donors (Lipinski definition) is 2. The summed E-state index contributed by atoms with van der Waals surface area (Å²) >= 11 is 0. The molecule has 0 saturated carbocycles. The Balaban J connectivity index is 1.21. The Morgan fingerprint density at radius 3 is 2.15 bits per heavy atom. The molecular weight excluding hydrogens is 504 g/mol. The summed E-state index contributed by atoms with van der Waals surface area (Å²) in [6.07, 6.45) is -0.571. The number of aryl methyl sites for hydroxylation is 1. The average Bonchev–Trinajstić information content (AvgIpc) is 3.44. The van der Waals surface area contributed by atoms with Crippen molar-refractivity contribution in [3.8, 4) is 11.1 Å². The highest BCUT2D eigenvalue weighted by atomic mass is 16.5. The maximum absolute atomic E-state index is 13.0. The van der Waals surface area contributed by atoms with Gasteiger partial charge in [-0.1, -0.05) is 66.7 Å². The molecule has 1 unspecified atom stereocenters. The molecule has 6 rings (SSSR count). The number of amides is 1. The summed E-state index contributed by atoms with van der Waals surface area (Å²) in [7, 11) is 4.13. The van der Waals surface area contributed by atoms with Crippen LogP contribution in [0.4, 0.5) is 10.6 Å². The van der Waals surface area contributed by atoms with Crippen molar-refractivity contribution in [3.05, 3.63) is 89.5 Å². The summed E-state index contributed by atoms with van der Waals surface area (Å²) in [5.41, 5.74) is 6.47. The second-order valence-electron chi connectivity index (χ2n) is 10.7. The van der Waals surface area contributed by atoms with E-state index in [1.165, 1.54) is 0 Å². The number of fused-ring (bicyclic) bond motifs is 4. The lowest BCUT2D eigenvalue weighted by molar-refractivity contribution is -0.139. The van der Waals surface area contributed by atoms with Gasteiger partial charge in [0.05, 0.1) is 0 Å². The monoisotopic (exact) mass is 538 g/mol. The lowest BCUT2D eigenvalue weighted by Crippen LogP contribution is -2.46. The molecule has 0 bridgehead atoms. The highest BCUT2D eigenvalue weighted by molar-refractivity contribution is 5.91. The molecule has 4 aromatic rings. The number of rotatable bonds is 7. The normalized spacial score (nSPS) is 16.0. The first-order valence-electron chi connectivity index (χ1n) is 13.8. The van der Waals surface area contributed by atoms with E-state index < -0.39 is 18.1 Å². The Labute approximate surface area is 233 Å². The van der Waals surface area contributed by atoms with Gasteiger partial charge >= 0.3 is 12.1 Å². The number of hydrogen-bond acceptors (Lipinski definition) is 5. The number of carboxylic acids is 1. The van der Waals surface area contributed by atoms with Crippen LogP contribution < -0.4 is 10.2 Å². The first-order chi connectivity index (χ1) is 19.4. The van der Waals surface area contributed by atoms with Crippen molar-refractivity contribution in [1.82, 2.24) is 14.8 Å². The third kappa shape index (κ3) is 4.69. The predicted octanol–water partition coefficient (Wildman–Crippen LogP) is 4.46. The van der Waals surface area contributed by atoms with Crippen LogP contribution in [-0.2, 0) is 23.0 Å². The largest absolute Gasteiger partial charge is 0.480 e. The van der Waals surface area contributed by atoms with Crippen molar-refractivity contribution < 1.29 is 19.4 Å². The van der Waals surface area contributed by atoms with Gasteiger partial charge in [-0.3, -0.25) is 0 Å². The molecule has 1 fully saturated rings. The third-order valence-electron chi connectivity index (χ3n) is 8.32. The van der Waals surface area contributed by atoms with Gasteiger partial charge in [-0.2, -0.15) is 0 Å². The third-order valence-corrected chi connectivity index (χ3v) is 8.32. The number of anilines is 1. The van der Waals surface area contributed by atoms with Crippen molar-refractivity contribution in [2.75, 3.05) is 44.7 Å². The van der Waals surface area contributed by atoms with Gasteiger partial charge in [0, 0.05) is 62.0 Å². The van der Waals surface area contributed by atoms with Crippen molar-refractivity contribution in [2.24, 2.45) is 7.05 Å². The maximum atomic E-state index is 13.0. The molecule has 1 aliphatic carbocycles. The van der Waals surface area contributed by atoms with Crippen LogP contribution in [0.3, 0.4) is 0 Å². The molecule has 8 heteroatoms. The number of carbonyl (C=O) groups excluding carboxylic acids is 1. The molecule has 8 nitrogen and oxygen atoms in total. The summed E-state index contributed by atoms with van der Waals surface area (Å²) < 4.78 is 7.82. The van der Waals surface area contributed by atoms with E-state index in [0.29, 0.717) is 0 Å². The molecule has 40 heavy (non-hydrogen) atoms. The number of nitrogens with zero attached hydrogens (tertiary/aromatic N) is 3. The zero-order chi connectivity index (χ0) is 27.8. The van der Waals surface area contributed by atoms with Crippen LogP contribution in [0.25, 0.3) is 22.0 Å². The van der Waals surface area contributed by atoms with Gasteiger partial charge in [0.25, 0.3) is 0 Å². The molecule has 2 heterocycles. The van der Waals surface area contributed by atoms with Gasteiger partial charge in [0.15, 0.2) is 0 Å². The fourth-order valence-corrected chi connectivity index (χ4v) is 6.27. The van der Waals surface area contributed by atoms with Crippen LogP contribution >= 0.6 is 0 Å². The number of alkyl carbamates (subject to hydrolysis) is 1. The number of para-hydroxylation sites is 1. The van der Waals surface area contributed by atoms with Crippen LogP contribution in [0.2, 0.25) is 0 Å². The minimum Gasteiger partial charge on any atom is -0.480 e. The van der Waals surface area contributed by atoms with E-state index >= 15 is 0 Å². The smallest absolute Gasteiger partial charge is 0.407 e. The molecule has 3 aromatic carbocycles. The van der Waals surface area contributed by atoms with Gasteiger partial charge in [-0.25, -0.2) is 9.59 Å². The molecule has 1 aliphatic heterocycles. The number of likely N-dealkylation sites (N-methyl/N-ethyl adjacent to an activating group) is 1. The topological polar surface area (TPSA) is 87.0 Å². The van der Waals surface area contributed by atoms with E-state index in [-0.39, 0.29) is 18.9 Å². The van der Waals surface area contributed by atoms with Gasteiger partial charge in [-0.15, -0.1) is 0 Å². The fraction of sp³-hybridized carbons (Fsp3) is 0.312. The van der Waals surface area contributed by atoms with Crippen LogP contribution in [0, 0.1) is 0 Å². The average molecular weight is 539 g/mol. The number of piperazine rings is 1. The Morgan fingerprint density at radius 1 is 0.900 bits per heavy atom. The van der Waals surface area contributed by atoms with E-state index in [2.05, 4.69) is 51.0 Å². The summed E-state index contributed by atoms with van der Waals surface area (Å²) in [5.74, 6) is -0.177. The second kappa shape index (κ2) is 10.7. The Hall–Kier alpha value is -4.30. The minimum absolute atomic E-state index is 0.0941. The van der Waals surface area contributed by atoms with E-state index in [0.717, 1.165) is 70.7 Å². The van der Waals surface area contributed by atoms with Crippen LogP contribution in [0.1, 0.15) is 22.6 Å². The lowest BCUT2D eigenvalue weighted by atomic mass is 9.98. The van der Waals surface area contributed by atoms with Gasteiger partial charge in [0.1, 0.15) is 18.5 Å². The summed E-state index contributed by atoms with van der Waals surface area (Å²) in [4.78, 5) is 30.0. The minimum atomic E-state index is -1.13. The van der Waals surface area contributed by atoms with Crippen LogP contribution in [0.15, 0.2) is 72.8 Å². The van der Waals surface area contributed by atoms with Crippen molar-refractivity contribution in [1.29, 1.82) is 0 Å². The number of carboxylic acid groups (broad SMARTS) is 1. The summed E-state index contributed by atoms with van der Waals surface area (Å²) in [6.45, 7) is 3.70. The lowest BCUT2D eigenvalue weighted by Gasteiger charge is -2.35. The van der Waals surface area contributed by atoms with Gasteiger partial charge < -0.3 is 29.5 Å². The molecule has 1 saturated heterocycles. The Bertz CT molecular complexity index is 1520. The molecule has 0 spiro atoms. The van der Waals surface area contributed by atoms with E-state index in [1.54, 1.807) is 0 Å². The van der Waals surface area contributed by atoms with E-state index in [1.807, 2.05) is 55.6 Å². The number of aliphatic carboxylic acids is 1. The van der Waals surface area contributed by atoms with Crippen molar-refractivity contribution in [2.45, 2.75) is 18.4 Å². The molecule has 1 atom stereocenters. The summed E-state index contributed by atoms with van der Waals surface area (Å²) in [6, 6.07) is 23.2. The van der Waals surface area contributed by atoms with Crippen molar-refractivity contribution in [3.63, 3.8) is 0 Å². The number of aromatic nitrogens is 1. The first-order valence-corrected chi connectivity index (χ1v) is 13.8. The van der Waals surface area contributed by atoms with Crippen LogP contribution in [-0.4, -0.2) is 72.5 Å². The molecule has 2 aliphatic rings. The van der Waals surface area contributed by atoms with E-state index in [4.69, 9.17) is 4.74 Å². The molecule has 0 radical (unpaired) electrons. The Kier molecular flexibility index (Phi) is 6.94. The maximum Gasteiger partial charge on any atom is 0.407 e. The molecule has 1 amide bonds. The predicted molar refractivity (Wildman–Crippen MR) is 156 cm³/mol. The standard InChI is InChI=1S/C32H34N4O4/c1-34-15-17-36(18-16-34)30-26(25-13-7-8-14-29(25)35(30)2)19-28(31(37)38)33-32(39)40-20-27-23-11-5-3-9-21(23)22-10-4-6-12-24(22)27/h3-14,27-28H,15-20H2,1-2H3,(H,33,39)(H,37,38). The summed E-state index contributed by atoms with van der Waals surface area (Å²) in [5, 5.41) is 13.8. The highest BCUT2D eigenvalue weighted by Crippen LogP contribution is 2.44. The highest BCUT2D eigenvalue weighted by Gasteiger charge is 2.31. The molecule has 1 aromatic heterocycles. The zero-order valence-corrected chi connectivity index (χ0v) is 22.8. The second-order valence-corrected chi connectivity index (χ2v) is 10.7. The quantitative estimate of drug-likeness (QED) is 0.361.